The second-order valence-electron chi connectivity index (χ2n) is 9.58. The zero-order valence-electron chi connectivity index (χ0n) is 21.4. The van der Waals surface area contributed by atoms with Crippen LogP contribution in [0.2, 0.25) is 5.02 Å². The number of anilines is 1. The molecule has 4 heterocycles. The largest absolute Gasteiger partial charge is 0.384 e. The fraction of sp³-hybridized carbons (Fsp3) is 0.172. The van der Waals surface area contributed by atoms with Gasteiger partial charge in [-0.15, -0.1) is 5.10 Å². The molecule has 0 saturated carbocycles. The van der Waals surface area contributed by atoms with Crippen molar-refractivity contribution in [3.05, 3.63) is 107 Å². The highest BCUT2D eigenvalue weighted by Crippen LogP contribution is 2.42. The van der Waals surface area contributed by atoms with Gasteiger partial charge in [-0.2, -0.15) is 4.68 Å². The number of nitrogens with one attached hydrogen (secondary N) is 1. The van der Waals surface area contributed by atoms with Crippen molar-refractivity contribution in [2.45, 2.75) is 24.8 Å². The van der Waals surface area contributed by atoms with Gasteiger partial charge in [0, 0.05) is 40.9 Å². The van der Waals surface area contributed by atoms with Crippen LogP contribution in [0.1, 0.15) is 41.8 Å². The van der Waals surface area contributed by atoms with Crippen LogP contribution in [-0.4, -0.2) is 52.5 Å². The van der Waals surface area contributed by atoms with Crippen molar-refractivity contribution >= 4 is 29.4 Å². The molecule has 0 unspecified atom stereocenters. The molecule has 1 amide bonds. The first kappa shape index (κ1) is 25.4. The van der Waals surface area contributed by atoms with Gasteiger partial charge in [-0.25, -0.2) is 9.97 Å². The Hall–Kier alpha value is -4.83. The Kier molecular flexibility index (Phi) is 7.07. The summed E-state index contributed by atoms with van der Waals surface area (Å²) >= 11 is 6.28. The smallest absolute Gasteiger partial charge is 0.247 e. The maximum atomic E-state index is 13.8. The number of benzene rings is 2. The molecular weight excluding hydrogens is 526 g/mol. The van der Waals surface area contributed by atoms with Crippen LogP contribution in [0.4, 0.5) is 5.82 Å². The van der Waals surface area contributed by atoms with Crippen LogP contribution in [-0.2, 0) is 4.79 Å². The van der Waals surface area contributed by atoms with E-state index in [1.54, 1.807) is 42.7 Å². The molecule has 1 aliphatic rings. The van der Waals surface area contributed by atoms with E-state index in [1.165, 1.54) is 11.0 Å². The van der Waals surface area contributed by atoms with E-state index < -0.39 is 0 Å². The quantitative estimate of drug-likeness (QED) is 0.288. The lowest BCUT2D eigenvalue weighted by Gasteiger charge is -2.40. The number of amides is 1. The van der Waals surface area contributed by atoms with Gasteiger partial charge in [0.25, 0.3) is 0 Å². The number of nitrogens with zero attached hydrogens (tertiary/aromatic N) is 7. The van der Waals surface area contributed by atoms with Gasteiger partial charge in [0.2, 0.25) is 5.91 Å². The minimum absolute atomic E-state index is 0.0683. The van der Waals surface area contributed by atoms with E-state index in [-0.39, 0.29) is 17.9 Å². The van der Waals surface area contributed by atoms with Crippen LogP contribution in [0.15, 0.2) is 85.5 Å². The average Bonchev–Trinajstić information content (AvgIpc) is 3.70. The maximum absolute atomic E-state index is 13.8. The lowest BCUT2D eigenvalue weighted by molar-refractivity contribution is -0.130. The Balaban J connectivity index is 1.35. The van der Waals surface area contributed by atoms with Crippen molar-refractivity contribution in [1.29, 1.82) is 0 Å². The molecule has 200 valence electrons. The summed E-state index contributed by atoms with van der Waals surface area (Å²) in [6.07, 6.45) is 10.1. The Labute approximate surface area is 235 Å². The number of nitrogen functional groups attached to an aromatic ring is 1. The van der Waals surface area contributed by atoms with Crippen molar-refractivity contribution in [3.63, 3.8) is 0 Å². The van der Waals surface area contributed by atoms with E-state index in [0.717, 1.165) is 41.1 Å². The molecule has 3 aromatic heterocycles. The van der Waals surface area contributed by atoms with Crippen molar-refractivity contribution in [2.75, 3.05) is 12.3 Å². The molecule has 0 bridgehead atoms. The van der Waals surface area contributed by atoms with Gasteiger partial charge in [0.1, 0.15) is 18.0 Å². The number of H-pyrrole nitrogens is 1. The maximum Gasteiger partial charge on any atom is 0.247 e. The number of aromatic nitrogens is 7. The predicted octanol–water partition coefficient (Wildman–Crippen LogP) is 4.84. The van der Waals surface area contributed by atoms with Crippen LogP contribution in [0, 0.1) is 0 Å². The number of piperidine rings is 1. The van der Waals surface area contributed by atoms with Crippen molar-refractivity contribution < 1.29 is 4.79 Å². The summed E-state index contributed by atoms with van der Waals surface area (Å²) in [4.78, 5) is 28.1. The summed E-state index contributed by atoms with van der Waals surface area (Å²) < 4.78 is 1.53. The highest BCUT2D eigenvalue weighted by atomic mass is 35.5. The van der Waals surface area contributed by atoms with E-state index in [1.807, 2.05) is 35.2 Å². The molecular formula is C29H26ClN9O. The summed E-state index contributed by atoms with van der Waals surface area (Å²) in [5.41, 5.74) is 10.0. The Morgan fingerprint density at radius 3 is 2.73 bits per heavy atom. The van der Waals surface area contributed by atoms with Crippen molar-refractivity contribution in [1.82, 2.24) is 40.1 Å². The summed E-state index contributed by atoms with van der Waals surface area (Å²) in [5, 5.41) is 12.0. The number of nitrogens with two attached hydrogens (primary N) is 1. The predicted molar refractivity (Wildman–Crippen MR) is 152 cm³/mol. The number of pyridine rings is 1. The molecule has 0 radical (unpaired) electrons. The summed E-state index contributed by atoms with van der Waals surface area (Å²) in [6.45, 7) is 0.603. The normalized spacial score (nSPS) is 17.4. The summed E-state index contributed by atoms with van der Waals surface area (Å²) in [7, 11) is 0. The van der Waals surface area contributed by atoms with Gasteiger partial charge in [-0.05, 0) is 65.2 Å². The lowest BCUT2D eigenvalue weighted by Crippen LogP contribution is -2.41. The number of imidazole rings is 1. The molecule has 3 N–H and O–H groups in total. The van der Waals surface area contributed by atoms with Gasteiger partial charge < -0.3 is 15.6 Å². The molecule has 11 heteroatoms. The second-order valence-corrected chi connectivity index (χ2v) is 10.0. The SMILES string of the molecule is Nc1ccc(-c2cnc([C@@H]3[C@H](c4ccccc4)CCCN3C(=O)/C=C/c3cc(Cl)ccc3-n3cnnn3)[nH]2)cn1. The first-order valence-corrected chi connectivity index (χ1v) is 13.3. The number of hydrogen-bond acceptors (Lipinski definition) is 7. The molecule has 10 nitrogen and oxygen atoms in total. The minimum atomic E-state index is -0.290. The number of hydrogen-bond donors (Lipinski definition) is 2. The number of aromatic amines is 1. The average molecular weight is 552 g/mol. The number of carbonyl (C=O) groups excluding carboxylic acids is 1. The third-order valence-corrected chi connectivity index (χ3v) is 7.34. The first-order valence-electron chi connectivity index (χ1n) is 12.9. The molecule has 2 aromatic carbocycles. The summed E-state index contributed by atoms with van der Waals surface area (Å²) in [6, 6.07) is 19.0. The third-order valence-electron chi connectivity index (χ3n) is 7.11. The molecule has 6 rings (SSSR count). The number of likely N-dealkylation sites (tertiary alicyclic amines) is 1. The zero-order chi connectivity index (χ0) is 27.5. The summed E-state index contributed by atoms with van der Waals surface area (Å²) in [5.74, 6) is 1.12. The van der Waals surface area contributed by atoms with Crippen molar-refractivity contribution in [2.24, 2.45) is 0 Å². The highest BCUT2D eigenvalue weighted by molar-refractivity contribution is 6.30. The molecule has 1 fully saturated rings. The van der Waals surface area contributed by atoms with Crippen LogP contribution in [0.3, 0.4) is 0 Å². The number of carbonyl (C=O) groups is 1. The fourth-order valence-corrected chi connectivity index (χ4v) is 5.41. The van der Waals surface area contributed by atoms with E-state index in [4.69, 9.17) is 22.3 Å². The Morgan fingerprint density at radius 1 is 1.07 bits per heavy atom. The number of tetrazole rings is 1. The van der Waals surface area contributed by atoms with E-state index in [9.17, 15) is 4.79 Å². The Bertz CT molecular complexity index is 1630. The monoisotopic (exact) mass is 551 g/mol. The van der Waals surface area contributed by atoms with Gasteiger partial charge in [-0.3, -0.25) is 4.79 Å². The van der Waals surface area contributed by atoms with E-state index >= 15 is 0 Å². The van der Waals surface area contributed by atoms with E-state index in [0.29, 0.717) is 23.1 Å². The van der Waals surface area contributed by atoms with Crippen LogP contribution < -0.4 is 5.73 Å². The molecule has 2 atom stereocenters. The van der Waals surface area contributed by atoms with Gasteiger partial charge in [0.15, 0.2) is 0 Å². The lowest BCUT2D eigenvalue weighted by atomic mass is 9.83. The fourth-order valence-electron chi connectivity index (χ4n) is 5.22. The van der Waals surface area contributed by atoms with Crippen molar-refractivity contribution in [3.8, 4) is 16.9 Å². The van der Waals surface area contributed by atoms with Crippen LogP contribution in [0.25, 0.3) is 23.0 Å². The van der Waals surface area contributed by atoms with Gasteiger partial charge in [-0.1, -0.05) is 41.9 Å². The molecule has 0 aliphatic carbocycles. The Morgan fingerprint density at radius 2 is 1.95 bits per heavy atom. The minimum Gasteiger partial charge on any atom is -0.384 e. The topological polar surface area (TPSA) is 132 Å². The van der Waals surface area contributed by atoms with Gasteiger partial charge in [0.05, 0.1) is 23.6 Å². The molecule has 40 heavy (non-hydrogen) atoms. The highest BCUT2D eigenvalue weighted by Gasteiger charge is 2.37. The zero-order valence-corrected chi connectivity index (χ0v) is 22.2. The number of halogens is 1. The third kappa shape index (κ3) is 5.21. The van der Waals surface area contributed by atoms with Crippen LogP contribution >= 0.6 is 11.6 Å². The standard InChI is InChI=1S/C29H26ClN9O/c30-22-10-11-25(39-18-34-36-37-39)20(15-22)9-13-27(40)38-14-4-7-23(19-5-2-1-3-6-19)28(38)29-33-17-24(35-29)21-8-12-26(31)32-16-21/h1-3,5-6,8-13,15-18,23,28H,4,7,14H2,(H2,31,32)(H,33,35)/b13-9+/t23-,28-/m0/s1. The number of rotatable bonds is 6. The molecule has 0 spiro atoms. The van der Waals surface area contributed by atoms with Crippen LogP contribution in [0.5, 0.6) is 0 Å². The second kappa shape index (κ2) is 11.1. The first-order chi connectivity index (χ1) is 19.6. The van der Waals surface area contributed by atoms with Gasteiger partial charge >= 0.3 is 0 Å². The molecule has 5 aromatic rings. The molecule has 1 saturated heterocycles. The molecule has 1 aliphatic heterocycles. The van der Waals surface area contributed by atoms with E-state index in [2.05, 4.69) is 37.6 Å².